The molecule has 4 rings (SSSR count). The van der Waals surface area contributed by atoms with E-state index in [9.17, 15) is 13.2 Å². The second-order valence-electron chi connectivity index (χ2n) is 7.80. The standard InChI is InChI=1S/C23H28N2O7S/c1-29-18-2-4-19(5-3-18)30-13-10-24-23(26)17-8-11-25(12-9-17)33(27,28)20-6-7-21-22(16-20)32-15-14-31-21/h2-7,16-17H,8-15H2,1H3,(H,24,26). The average Bonchev–Trinajstić information content (AvgIpc) is 2.86. The molecule has 1 N–H and O–H groups in total. The van der Waals surface area contributed by atoms with Gasteiger partial charge < -0.3 is 24.3 Å². The number of hydrogen-bond donors (Lipinski definition) is 1. The number of rotatable bonds is 8. The molecule has 0 radical (unpaired) electrons. The summed E-state index contributed by atoms with van der Waals surface area (Å²) in [6.45, 7) is 2.13. The normalized spacial score (nSPS) is 16.8. The Kier molecular flexibility index (Phi) is 7.24. The summed E-state index contributed by atoms with van der Waals surface area (Å²) < 4.78 is 49.2. The number of hydrogen-bond acceptors (Lipinski definition) is 7. The molecule has 1 saturated heterocycles. The number of carbonyl (C=O) groups is 1. The number of methoxy groups -OCH3 is 1. The van der Waals surface area contributed by atoms with Crippen LogP contribution in [0.1, 0.15) is 12.8 Å². The van der Waals surface area contributed by atoms with Crippen molar-refractivity contribution >= 4 is 15.9 Å². The van der Waals surface area contributed by atoms with Crippen LogP contribution in [-0.4, -0.2) is 65.2 Å². The summed E-state index contributed by atoms with van der Waals surface area (Å²) in [6.07, 6.45) is 0.934. The lowest BCUT2D eigenvalue weighted by Crippen LogP contribution is -2.43. The summed E-state index contributed by atoms with van der Waals surface area (Å²) in [6, 6.07) is 11.9. The molecule has 2 aliphatic heterocycles. The number of fused-ring (bicyclic) bond motifs is 1. The van der Waals surface area contributed by atoms with E-state index in [-0.39, 0.29) is 29.8 Å². The lowest BCUT2D eigenvalue weighted by atomic mass is 9.97. The minimum Gasteiger partial charge on any atom is -0.497 e. The second kappa shape index (κ2) is 10.3. The quantitative estimate of drug-likeness (QED) is 0.582. The minimum atomic E-state index is -3.66. The third-order valence-corrected chi connectivity index (χ3v) is 7.60. The third kappa shape index (κ3) is 5.51. The Labute approximate surface area is 193 Å². The summed E-state index contributed by atoms with van der Waals surface area (Å²) in [7, 11) is -2.06. The van der Waals surface area contributed by atoms with E-state index in [1.165, 1.54) is 16.4 Å². The van der Waals surface area contributed by atoms with Crippen molar-refractivity contribution in [3.63, 3.8) is 0 Å². The van der Waals surface area contributed by atoms with E-state index in [0.29, 0.717) is 56.5 Å². The van der Waals surface area contributed by atoms with Gasteiger partial charge in [-0.25, -0.2) is 8.42 Å². The van der Waals surface area contributed by atoms with Gasteiger partial charge in [-0.3, -0.25) is 4.79 Å². The summed E-state index contributed by atoms with van der Waals surface area (Å²) >= 11 is 0. The van der Waals surface area contributed by atoms with E-state index in [1.807, 2.05) is 0 Å². The monoisotopic (exact) mass is 476 g/mol. The SMILES string of the molecule is COc1ccc(OCCNC(=O)C2CCN(S(=O)(=O)c3ccc4c(c3)OCCO4)CC2)cc1. The fourth-order valence-electron chi connectivity index (χ4n) is 3.85. The Balaban J connectivity index is 1.23. The van der Waals surface area contributed by atoms with Crippen LogP contribution in [0.2, 0.25) is 0 Å². The maximum atomic E-state index is 13.0. The summed E-state index contributed by atoms with van der Waals surface area (Å²) in [5.41, 5.74) is 0. The van der Waals surface area contributed by atoms with E-state index < -0.39 is 10.0 Å². The fourth-order valence-corrected chi connectivity index (χ4v) is 5.34. The molecule has 1 fully saturated rings. The Morgan fingerprint density at radius 3 is 2.39 bits per heavy atom. The molecule has 0 bridgehead atoms. The number of sulfonamides is 1. The Morgan fingerprint density at radius 2 is 1.70 bits per heavy atom. The van der Waals surface area contributed by atoms with Gasteiger partial charge in [-0.05, 0) is 49.2 Å². The molecular weight excluding hydrogens is 448 g/mol. The zero-order valence-electron chi connectivity index (χ0n) is 18.5. The summed E-state index contributed by atoms with van der Waals surface area (Å²) in [5.74, 6) is 2.13. The van der Waals surface area contributed by atoms with Crippen molar-refractivity contribution in [2.24, 2.45) is 5.92 Å². The minimum absolute atomic E-state index is 0.0790. The Morgan fingerprint density at radius 1 is 1.03 bits per heavy atom. The van der Waals surface area contributed by atoms with Gasteiger partial charge in [0.05, 0.1) is 18.6 Å². The highest BCUT2D eigenvalue weighted by Gasteiger charge is 2.32. The van der Waals surface area contributed by atoms with E-state index in [4.69, 9.17) is 18.9 Å². The molecule has 2 aromatic carbocycles. The van der Waals surface area contributed by atoms with Gasteiger partial charge in [-0.2, -0.15) is 4.31 Å². The maximum Gasteiger partial charge on any atom is 0.243 e. The molecule has 0 aliphatic carbocycles. The van der Waals surface area contributed by atoms with Crippen molar-refractivity contribution in [3.05, 3.63) is 42.5 Å². The summed E-state index contributed by atoms with van der Waals surface area (Å²) in [5, 5.41) is 2.88. The highest BCUT2D eigenvalue weighted by Crippen LogP contribution is 2.34. The predicted molar refractivity (Wildman–Crippen MR) is 120 cm³/mol. The molecule has 2 aliphatic rings. The van der Waals surface area contributed by atoms with Crippen molar-refractivity contribution in [1.29, 1.82) is 0 Å². The largest absolute Gasteiger partial charge is 0.497 e. The van der Waals surface area contributed by atoms with Crippen molar-refractivity contribution < 1.29 is 32.2 Å². The number of ether oxygens (including phenoxy) is 4. The molecule has 1 amide bonds. The predicted octanol–water partition coefficient (Wildman–Crippen LogP) is 2.06. The molecule has 9 nitrogen and oxygen atoms in total. The Hall–Kier alpha value is -2.98. The molecule has 0 atom stereocenters. The molecule has 33 heavy (non-hydrogen) atoms. The number of carbonyl (C=O) groups excluding carboxylic acids is 1. The molecule has 0 spiro atoms. The van der Waals surface area contributed by atoms with Crippen LogP contribution in [0.15, 0.2) is 47.4 Å². The van der Waals surface area contributed by atoms with Crippen LogP contribution in [-0.2, 0) is 14.8 Å². The van der Waals surface area contributed by atoms with Crippen LogP contribution in [0.5, 0.6) is 23.0 Å². The van der Waals surface area contributed by atoms with Crippen LogP contribution >= 0.6 is 0 Å². The highest BCUT2D eigenvalue weighted by atomic mass is 32.2. The van der Waals surface area contributed by atoms with Crippen LogP contribution in [0.4, 0.5) is 0 Å². The van der Waals surface area contributed by atoms with Gasteiger partial charge in [-0.15, -0.1) is 0 Å². The second-order valence-corrected chi connectivity index (χ2v) is 9.74. The van der Waals surface area contributed by atoms with Gasteiger partial charge >= 0.3 is 0 Å². The number of amides is 1. The number of benzene rings is 2. The Bertz CT molecular complexity index is 1060. The smallest absolute Gasteiger partial charge is 0.243 e. The topological polar surface area (TPSA) is 103 Å². The molecule has 0 unspecified atom stereocenters. The van der Waals surface area contributed by atoms with Gasteiger partial charge in [0.25, 0.3) is 0 Å². The fraction of sp³-hybridized carbons (Fsp3) is 0.435. The average molecular weight is 477 g/mol. The number of nitrogens with one attached hydrogen (secondary N) is 1. The zero-order valence-corrected chi connectivity index (χ0v) is 19.3. The highest BCUT2D eigenvalue weighted by molar-refractivity contribution is 7.89. The molecule has 2 heterocycles. The third-order valence-electron chi connectivity index (χ3n) is 5.71. The van der Waals surface area contributed by atoms with Crippen LogP contribution < -0.4 is 24.3 Å². The molecule has 2 aromatic rings. The molecule has 10 heteroatoms. The van der Waals surface area contributed by atoms with Gasteiger partial charge in [0.2, 0.25) is 15.9 Å². The first kappa shape index (κ1) is 23.2. The van der Waals surface area contributed by atoms with Crippen LogP contribution in [0, 0.1) is 5.92 Å². The lowest BCUT2D eigenvalue weighted by Gasteiger charge is -2.30. The van der Waals surface area contributed by atoms with E-state index in [0.717, 1.165) is 5.75 Å². The van der Waals surface area contributed by atoms with Crippen LogP contribution in [0.25, 0.3) is 0 Å². The molecule has 178 valence electrons. The summed E-state index contributed by atoms with van der Waals surface area (Å²) in [4.78, 5) is 12.7. The van der Waals surface area contributed by atoms with Crippen molar-refractivity contribution in [3.8, 4) is 23.0 Å². The maximum absolute atomic E-state index is 13.0. The molecule has 0 aromatic heterocycles. The van der Waals surface area contributed by atoms with Gasteiger partial charge in [-0.1, -0.05) is 0 Å². The molecule has 0 saturated carbocycles. The van der Waals surface area contributed by atoms with E-state index >= 15 is 0 Å². The van der Waals surface area contributed by atoms with E-state index in [1.54, 1.807) is 37.4 Å². The first-order valence-electron chi connectivity index (χ1n) is 10.9. The number of nitrogens with zero attached hydrogens (tertiary/aromatic N) is 1. The van der Waals surface area contributed by atoms with Gasteiger partial charge in [0.15, 0.2) is 11.5 Å². The van der Waals surface area contributed by atoms with Crippen LogP contribution in [0.3, 0.4) is 0 Å². The zero-order chi connectivity index (χ0) is 23.3. The number of piperidine rings is 1. The molecular formula is C23H28N2O7S. The first-order chi connectivity index (χ1) is 16.0. The van der Waals surface area contributed by atoms with Crippen molar-refractivity contribution in [2.45, 2.75) is 17.7 Å². The van der Waals surface area contributed by atoms with Crippen molar-refractivity contribution in [1.82, 2.24) is 9.62 Å². The first-order valence-corrected chi connectivity index (χ1v) is 12.4. The van der Waals surface area contributed by atoms with E-state index in [2.05, 4.69) is 5.32 Å². The van der Waals surface area contributed by atoms with Crippen molar-refractivity contribution in [2.75, 3.05) is 46.6 Å². The lowest BCUT2D eigenvalue weighted by molar-refractivity contribution is -0.126. The van der Waals surface area contributed by atoms with Gasteiger partial charge in [0, 0.05) is 25.1 Å². The van der Waals surface area contributed by atoms with Gasteiger partial charge in [0.1, 0.15) is 31.3 Å².